The quantitative estimate of drug-likeness (QED) is 0.854. The van der Waals surface area contributed by atoms with Crippen molar-refractivity contribution in [2.75, 3.05) is 5.32 Å². The Morgan fingerprint density at radius 1 is 0.850 bits per heavy atom. The first-order valence-corrected chi connectivity index (χ1v) is 6.85. The molecule has 0 aliphatic rings. The van der Waals surface area contributed by atoms with Crippen LogP contribution in [-0.2, 0) is 0 Å². The van der Waals surface area contributed by atoms with Gasteiger partial charge in [-0.2, -0.15) is 0 Å². The predicted octanol–water partition coefficient (Wildman–Crippen LogP) is 4.48. The second kappa shape index (κ2) is 5.49. The molecule has 0 fully saturated rings. The molecular weight excluding hydrogens is 246 g/mol. The lowest BCUT2D eigenvalue weighted by molar-refractivity contribution is 0.102. The Balaban J connectivity index is 2.39. The van der Waals surface area contributed by atoms with E-state index in [1.807, 2.05) is 65.0 Å². The number of para-hydroxylation sites is 1. The summed E-state index contributed by atoms with van der Waals surface area (Å²) in [5, 5.41) is 3.06. The zero-order chi connectivity index (χ0) is 14.9. The zero-order valence-electron chi connectivity index (χ0n) is 12.8. The zero-order valence-corrected chi connectivity index (χ0v) is 12.8. The molecule has 2 heteroatoms. The summed E-state index contributed by atoms with van der Waals surface area (Å²) in [4.78, 5) is 12.6. The van der Waals surface area contributed by atoms with Gasteiger partial charge < -0.3 is 5.32 Å². The smallest absolute Gasteiger partial charge is 0.256 e. The van der Waals surface area contributed by atoms with Crippen molar-refractivity contribution in [3.05, 3.63) is 63.7 Å². The van der Waals surface area contributed by atoms with Crippen molar-refractivity contribution in [2.45, 2.75) is 34.6 Å². The average molecular weight is 267 g/mol. The number of hydrogen-bond donors (Lipinski definition) is 1. The van der Waals surface area contributed by atoms with Crippen molar-refractivity contribution in [3.63, 3.8) is 0 Å². The molecule has 104 valence electrons. The third-order valence-electron chi connectivity index (χ3n) is 3.62. The second-order valence-electron chi connectivity index (χ2n) is 5.49. The van der Waals surface area contributed by atoms with Gasteiger partial charge in [0, 0.05) is 11.3 Å². The minimum atomic E-state index is -0.0302. The van der Waals surface area contributed by atoms with E-state index in [-0.39, 0.29) is 5.91 Å². The fourth-order valence-electron chi connectivity index (χ4n) is 2.73. The Bertz CT molecular complexity index is 628. The lowest BCUT2D eigenvalue weighted by atomic mass is 9.99. The van der Waals surface area contributed by atoms with Crippen LogP contribution < -0.4 is 5.32 Å². The van der Waals surface area contributed by atoms with Crippen molar-refractivity contribution in [2.24, 2.45) is 0 Å². The number of nitrogens with one attached hydrogen (secondary N) is 1. The molecule has 0 aliphatic heterocycles. The van der Waals surface area contributed by atoms with Crippen LogP contribution in [0.5, 0.6) is 0 Å². The minimum absolute atomic E-state index is 0.0302. The molecule has 0 unspecified atom stereocenters. The molecule has 0 saturated heterocycles. The molecule has 1 amide bonds. The van der Waals surface area contributed by atoms with Crippen LogP contribution in [0.25, 0.3) is 0 Å². The third-order valence-corrected chi connectivity index (χ3v) is 3.62. The van der Waals surface area contributed by atoms with E-state index in [4.69, 9.17) is 0 Å². The number of carbonyl (C=O) groups excluding carboxylic acids is 1. The van der Waals surface area contributed by atoms with Crippen molar-refractivity contribution >= 4 is 11.6 Å². The highest BCUT2D eigenvalue weighted by atomic mass is 16.1. The molecule has 0 spiro atoms. The Hall–Kier alpha value is -2.09. The van der Waals surface area contributed by atoms with E-state index in [2.05, 4.69) is 5.32 Å². The normalized spacial score (nSPS) is 10.4. The van der Waals surface area contributed by atoms with Gasteiger partial charge in [0.05, 0.1) is 0 Å². The van der Waals surface area contributed by atoms with Gasteiger partial charge in [-0.25, -0.2) is 0 Å². The summed E-state index contributed by atoms with van der Waals surface area (Å²) in [6.07, 6.45) is 0. The maximum Gasteiger partial charge on any atom is 0.256 e. The SMILES string of the molecule is Cc1cc(C)c(C(=O)Nc2c(C)cccc2C)c(C)c1. The van der Waals surface area contributed by atoms with E-state index in [0.717, 1.165) is 33.5 Å². The van der Waals surface area contributed by atoms with Gasteiger partial charge in [-0.05, 0) is 56.9 Å². The van der Waals surface area contributed by atoms with Crippen molar-refractivity contribution in [3.8, 4) is 0 Å². The number of amides is 1. The number of hydrogen-bond acceptors (Lipinski definition) is 1. The van der Waals surface area contributed by atoms with E-state index >= 15 is 0 Å². The monoisotopic (exact) mass is 267 g/mol. The molecule has 0 radical (unpaired) electrons. The van der Waals surface area contributed by atoms with Crippen LogP contribution in [0.4, 0.5) is 5.69 Å². The van der Waals surface area contributed by atoms with Crippen molar-refractivity contribution < 1.29 is 4.79 Å². The Labute approximate surface area is 120 Å². The van der Waals surface area contributed by atoms with Gasteiger partial charge in [0.15, 0.2) is 0 Å². The van der Waals surface area contributed by atoms with Gasteiger partial charge >= 0.3 is 0 Å². The first-order valence-electron chi connectivity index (χ1n) is 6.85. The predicted molar refractivity (Wildman–Crippen MR) is 84.5 cm³/mol. The maximum atomic E-state index is 12.6. The highest BCUT2D eigenvalue weighted by molar-refractivity contribution is 6.07. The molecule has 0 saturated carbocycles. The van der Waals surface area contributed by atoms with E-state index in [1.54, 1.807) is 0 Å². The summed E-state index contributed by atoms with van der Waals surface area (Å²) in [6.45, 7) is 10.0. The fraction of sp³-hybridized carbons (Fsp3) is 0.278. The van der Waals surface area contributed by atoms with Gasteiger partial charge in [-0.15, -0.1) is 0 Å². The number of aryl methyl sites for hydroxylation is 5. The van der Waals surface area contributed by atoms with Gasteiger partial charge in [-0.1, -0.05) is 35.9 Å². The van der Waals surface area contributed by atoms with E-state index < -0.39 is 0 Å². The maximum absolute atomic E-state index is 12.6. The summed E-state index contributed by atoms with van der Waals surface area (Å²) in [7, 11) is 0. The molecule has 1 N–H and O–H groups in total. The first kappa shape index (κ1) is 14.3. The lowest BCUT2D eigenvalue weighted by Crippen LogP contribution is -2.16. The molecule has 2 rings (SSSR count). The third kappa shape index (κ3) is 2.74. The minimum Gasteiger partial charge on any atom is -0.321 e. The number of benzene rings is 2. The molecule has 20 heavy (non-hydrogen) atoms. The Morgan fingerprint density at radius 2 is 1.35 bits per heavy atom. The van der Waals surface area contributed by atoms with Crippen molar-refractivity contribution in [1.29, 1.82) is 0 Å². The lowest BCUT2D eigenvalue weighted by Gasteiger charge is -2.15. The molecular formula is C18H21NO. The van der Waals surface area contributed by atoms with Gasteiger partial charge in [0.1, 0.15) is 0 Å². The summed E-state index contributed by atoms with van der Waals surface area (Å²) >= 11 is 0. The molecule has 0 bridgehead atoms. The number of carbonyl (C=O) groups is 1. The van der Waals surface area contributed by atoms with Gasteiger partial charge in [0.2, 0.25) is 0 Å². The highest BCUT2D eigenvalue weighted by Gasteiger charge is 2.14. The molecule has 0 heterocycles. The van der Waals surface area contributed by atoms with Crippen LogP contribution in [0.15, 0.2) is 30.3 Å². The highest BCUT2D eigenvalue weighted by Crippen LogP contribution is 2.22. The van der Waals surface area contributed by atoms with Crippen LogP contribution in [-0.4, -0.2) is 5.91 Å². The van der Waals surface area contributed by atoms with Crippen LogP contribution in [0.3, 0.4) is 0 Å². The van der Waals surface area contributed by atoms with Crippen LogP contribution >= 0.6 is 0 Å². The second-order valence-corrected chi connectivity index (χ2v) is 5.49. The summed E-state index contributed by atoms with van der Waals surface area (Å²) in [6, 6.07) is 10.1. The van der Waals surface area contributed by atoms with E-state index in [1.165, 1.54) is 5.56 Å². The Kier molecular flexibility index (Phi) is 3.93. The van der Waals surface area contributed by atoms with E-state index in [0.29, 0.717) is 0 Å². The molecule has 0 aromatic heterocycles. The van der Waals surface area contributed by atoms with E-state index in [9.17, 15) is 4.79 Å². The topological polar surface area (TPSA) is 29.1 Å². The molecule has 0 atom stereocenters. The molecule has 0 aliphatic carbocycles. The molecule has 2 aromatic carbocycles. The van der Waals surface area contributed by atoms with Gasteiger partial charge in [0.25, 0.3) is 5.91 Å². The van der Waals surface area contributed by atoms with Crippen LogP contribution in [0.2, 0.25) is 0 Å². The largest absolute Gasteiger partial charge is 0.321 e. The molecule has 2 nitrogen and oxygen atoms in total. The summed E-state index contributed by atoms with van der Waals surface area (Å²) in [5.41, 5.74) is 7.08. The van der Waals surface area contributed by atoms with Crippen LogP contribution in [0.1, 0.15) is 38.2 Å². The number of anilines is 1. The summed E-state index contributed by atoms with van der Waals surface area (Å²) in [5.74, 6) is -0.0302. The Morgan fingerprint density at radius 3 is 1.85 bits per heavy atom. The average Bonchev–Trinajstić information content (AvgIpc) is 2.32. The number of rotatable bonds is 2. The van der Waals surface area contributed by atoms with Gasteiger partial charge in [-0.3, -0.25) is 4.79 Å². The van der Waals surface area contributed by atoms with Crippen molar-refractivity contribution in [1.82, 2.24) is 0 Å². The first-order chi connectivity index (χ1) is 9.40. The van der Waals surface area contributed by atoms with Crippen LogP contribution in [0, 0.1) is 34.6 Å². The molecule has 2 aromatic rings. The standard InChI is InChI=1S/C18H21NO/c1-11-9-14(4)16(15(5)10-11)18(20)19-17-12(2)7-6-8-13(17)3/h6-10H,1-5H3,(H,19,20). The summed E-state index contributed by atoms with van der Waals surface area (Å²) < 4.78 is 0. The fourth-order valence-corrected chi connectivity index (χ4v) is 2.73.